The van der Waals surface area contributed by atoms with Crippen LogP contribution in [0.1, 0.15) is 43.4 Å². The van der Waals surface area contributed by atoms with Gasteiger partial charge >= 0.3 is 0 Å². The molecule has 0 spiro atoms. The number of hydrogen-bond donors (Lipinski definition) is 2. The molecule has 0 aliphatic carbocycles. The molecule has 3 N–H and O–H groups in total. The second kappa shape index (κ2) is 5.71. The van der Waals surface area contributed by atoms with Crippen LogP contribution in [0.4, 0.5) is 5.82 Å². The number of anilines is 1. The summed E-state index contributed by atoms with van der Waals surface area (Å²) < 4.78 is 1.95. The molecule has 0 aliphatic heterocycles. The van der Waals surface area contributed by atoms with Gasteiger partial charge in [0.2, 0.25) is 5.91 Å². The van der Waals surface area contributed by atoms with Gasteiger partial charge in [-0.25, -0.2) is 9.97 Å². The average molecular weight is 289 g/mol. The number of nitrogens with one attached hydrogen (secondary N) is 1. The SMILES string of the molecule is CCCNC(=O)C(C)n1c(C)c(C)c2c(N)nc(C)nc21. The smallest absolute Gasteiger partial charge is 0.242 e. The average Bonchev–Trinajstić information content (AvgIpc) is 2.67. The number of carbonyl (C=O) groups is 1. The number of nitrogens with zero attached hydrogens (tertiary/aromatic N) is 3. The molecule has 1 unspecified atom stereocenters. The molecule has 0 aromatic carbocycles. The Kier molecular flexibility index (Phi) is 4.16. The molecule has 0 bridgehead atoms. The minimum atomic E-state index is -0.332. The highest BCUT2D eigenvalue weighted by Gasteiger charge is 2.23. The van der Waals surface area contributed by atoms with Crippen LogP contribution < -0.4 is 11.1 Å². The van der Waals surface area contributed by atoms with Gasteiger partial charge in [-0.05, 0) is 39.7 Å². The summed E-state index contributed by atoms with van der Waals surface area (Å²) in [4.78, 5) is 21.0. The number of aromatic nitrogens is 3. The Morgan fingerprint density at radius 3 is 2.62 bits per heavy atom. The van der Waals surface area contributed by atoms with E-state index < -0.39 is 0 Å². The maximum atomic E-state index is 12.3. The number of nitrogens with two attached hydrogens (primary N) is 1. The fourth-order valence-corrected chi connectivity index (χ4v) is 2.62. The third-order valence-electron chi connectivity index (χ3n) is 3.85. The molecule has 2 heterocycles. The van der Waals surface area contributed by atoms with Gasteiger partial charge in [0.1, 0.15) is 23.3 Å². The summed E-state index contributed by atoms with van der Waals surface area (Å²) in [6.07, 6.45) is 0.914. The van der Waals surface area contributed by atoms with Gasteiger partial charge in [0.25, 0.3) is 0 Å². The summed E-state index contributed by atoms with van der Waals surface area (Å²) in [6, 6.07) is -0.332. The molecule has 21 heavy (non-hydrogen) atoms. The van der Waals surface area contributed by atoms with Crippen molar-refractivity contribution in [1.29, 1.82) is 0 Å². The first-order valence-corrected chi connectivity index (χ1v) is 7.27. The van der Waals surface area contributed by atoms with Gasteiger partial charge in [0.05, 0.1) is 5.39 Å². The van der Waals surface area contributed by atoms with Crippen LogP contribution in [0.3, 0.4) is 0 Å². The lowest BCUT2D eigenvalue weighted by Gasteiger charge is -2.17. The molecule has 2 aromatic rings. The summed E-state index contributed by atoms with van der Waals surface area (Å²) in [7, 11) is 0. The lowest BCUT2D eigenvalue weighted by molar-refractivity contribution is -0.123. The van der Waals surface area contributed by atoms with Crippen LogP contribution in [0.5, 0.6) is 0 Å². The molecule has 6 nitrogen and oxygen atoms in total. The van der Waals surface area contributed by atoms with Gasteiger partial charge in [-0.1, -0.05) is 6.92 Å². The first-order valence-electron chi connectivity index (χ1n) is 7.27. The number of fused-ring (bicyclic) bond motifs is 1. The van der Waals surface area contributed by atoms with E-state index in [1.165, 1.54) is 0 Å². The molecule has 1 amide bonds. The quantitative estimate of drug-likeness (QED) is 0.901. The molecular formula is C15H23N5O. The number of aryl methyl sites for hydroxylation is 2. The Balaban J connectivity index is 2.58. The van der Waals surface area contributed by atoms with E-state index in [1.807, 2.05) is 32.3 Å². The van der Waals surface area contributed by atoms with Gasteiger partial charge in [0, 0.05) is 12.2 Å². The number of hydrogen-bond acceptors (Lipinski definition) is 4. The second-order valence-corrected chi connectivity index (χ2v) is 5.40. The lowest BCUT2D eigenvalue weighted by atomic mass is 10.2. The molecule has 114 valence electrons. The minimum Gasteiger partial charge on any atom is -0.383 e. The molecule has 6 heteroatoms. The van der Waals surface area contributed by atoms with Gasteiger partial charge in [0.15, 0.2) is 0 Å². The van der Waals surface area contributed by atoms with E-state index in [1.54, 1.807) is 6.92 Å². The summed E-state index contributed by atoms with van der Waals surface area (Å²) in [5.41, 5.74) is 8.78. The van der Waals surface area contributed by atoms with Crippen LogP contribution in [-0.4, -0.2) is 27.0 Å². The van der Waals surface area contributed by atoms with Crippen molar-refractivity contribution in [3.8, 4) is 0 Å². The number of carbonyl (C=O) groups excluding carboxylic acids is 1. The van der Waals surface area contributed by atoms with Crippen LogP contribution in [0.15, 0.2) is 0 Å². The zero-order valence-electron chi connectivity index (χ0n) is 13.3. The van der Waals surface area contributed by atoms with E-state index in [0.717, 1.165) is 28.7 Å². The van der Waals surface area contributed by atoms with Crippen molar-refractivity contribution in [3.63, 3.8) is 0 Å². The predicted molar refractivity (Wildman–Crippen MR) is 84.2 cm³/mol. The Bertz CT molecular complexity index is 689. The fourth-order valence-electron chi connectivity index (χ4n) is 2.62. The third-order valence-corrected chi connectivity index (χ3v) is 3.85. The second-order valence-electron chi connectivity index (χ2n) is 5.40. The lowest BCUT2D eigenvalue weighted by Crippen LogP contribution is -2.32. The van der Waals surface area contributed by atoms with Crippen molar-refractivity contribution in [2.45, 2.75) is 47.1 Å². The standard InChI is InChI=1S/C15H23N5O/c1-6-7-17-15(21)10(4)20-9(3)8(2)12-13(16)18-11(5)19-14(12)20/h10H,6-7H2,1-5H3,(H,17,21)(H2,16,18,19). The molecule has 0 radical (unpaired) electrons. The summed E-state index contributed by atoms with van der Waals surface area (Å²) in [6.45, 7) is 10.4. The van der Waals surface area contributed by atoms with E-state index in [4.69, 9.17) is 5.73 Å². The highest BCUT2D eigenvalue weighted by atomic mass is 16.2. The topological polar surface area (TPSA) is 85.8 Å². The van der Waals surface area contributed by atoms with Gasteiger partial charge in [-0.2, -0.15) is 0 Å². The van der Waals surface area contributed by atoms with Crippen molar-refractivity contribution in [3.05, 3.63) is 17.1 Å². The zero-order valence-corrected chi connectivity index (χ0v) is 13.3. The Morgan fingerprint density at radius 1 is 1.33 bits per heavy atom. The van der Waals surface area contributed by atoms with Crippen LogP contribution in [0.2, 0.25) is 0 Å². The van der Waals surface area contributed by atoms with Crippen molar-refractivity contribution in [1.82, 2.24) is 19.9 Å². The van der Waals surface area contributed by atoms with Crippen molar-refractivity contribution < 1.29 is 4.79 Å². The van der Waals surface area contributed by atoms with Crippen LogP contribution in [0.25, 0.3) is 11.0 Å². The molecule has 0 saturated carbocycles. The summed E-state index contributed by atoms with van der Waals surface area (Å²) >= 11 is 0. The van der Waals surface area contributed by atoms with E-state index in [0.29, 0.717) is 18.2 Å². The van der Waals surface area contributed by atoms with Crippen LogP contribution >= 0.6 is 0 Å². The van der Waals surface area contributed by atoms with E-state index in [-0.39, 0.29) is 11.9 Å². The van der Waals surface area contributed by atoms with Gasteiger partial charge < -0.3 is 15.6 Å². The van der Waals surface area contributed by atoms with Gasteiger partial charge in [-0.3, -0.25) is 4.79 Å². The first kappa shape index (κ1) is 15.3. The summed E-state index contributed by atoms with van der Waals surface area (Å²) in [5, 5.41) is 3.77. The summed E-state index contributed by atoms with van der Waals surface area (Å²) in [5.74, 6) is 1.07. The number of amides is 1. The van der Waals surface area contributed by atoms with Crippen LogP contribution in [0, 0.1) is 20.8 Å². The largest absolute Gasteiger partial charge is 0.383 e. The maximum absolute atomic E-state index is 12.3. The highest BCUT2D eigenvalue weighted by Crippen LogP contribution is 2.30. The zero-order chi connectivity index (χ0) is 15.7. The Hall–Kier alpha value is -2.11. The van der Waals surface area contributed by atoms with Crippen LogP contribution in [-0.2, 0) is 4.79 Å². The highest BCUT2D eigenvalue weighted by molar-refractivity contribution is 5.93. The third kappa shape index (κ3) is 2.57. The number of rotatable bonds is 4. The van der Waals surface area contributed by atoms with E-state index in [9.17, 15) is 4.79 Å². The molecule has 2 rings (SSSR count). The Labute approximate surface area is 124 Å². The molecule has 0 aliphatic rings. The van der Waals surface area contributed by atoms with E-state index in [2.05, 4.69) is 15.3 Å². The first-order chi connectivity index (χ1) is 9.88. The minimum absolute atomic E-state index is 0.00770. The number of nitrogen functional groups attached to an aromatic ring is 1. The van der Waals surface area contributed by atoms with Crippen molar-refractivity contribution >= 4 is 22.8 Å². The molecule has 0 fully saturated rings. The maximum Gasteiger partial charge on any atom is 0.242 e. The molecule has 1 atom stereocenters. The fraction of sp³-hybridized carbons (Fsp3) is 0.533. The monoisotopic (exact) mass is 289 g/mol. The van der Waals surface area contributed by atoms with Crippen molar-refractivity contribution in [2.75, 3.05) is 12.3 Å². The molecule has 2 aromatic heterocycles. The normalized spacial score (nSPS) is 12.6. The Morgan fingerprint density at radius 2 is 2.00 bits per heavy atom. The van der Waals surface area contributed by atoms with E-state index >= 15 is 0 Å². The van der Waals surface area contributed by atoms with Gasteiger partial charge in [-0.15, -0.1) is 0 Å². The van der Waals surface area contributed by atoms with Crippen molar-refractivity contribution in [2.24, 2.45) is 0 Å². The molecular weight excluding hydrogens is 266 g/mol. The molecule has 0 saturated heterocycles. The predicted octanol–water partition coefficient (Wildman–Crippen LogP) is 2.03.